The summed E-state index contributed by atoms with van der Waals surface area (Å²) in [6, 6.07) is 6.12. The molecule has 2 heteroatoms. The second kappa shape index (κ2) is 6.55. The van der Waals surface area contributed by atoms with Gasteiger partial charge in [-0.25, -0.2) is 0 Å². The van der Waals surface area contributed by atoms with Gasteiger partial charge >= 0.3 is 0 Å². The van der Waals surface area contributed by atoms with E-state index in [0.29, 0.717) is 0 Å². The molecule has 0 spiro atoms. The summed E-state index contributed by atoms with van der Waals surface area (Å²) in [4.78, 5) is 6.80. The van der Waals surface area contributed by atoms with E-state index in [9.17, 15) is 0 Å². The maximum Gasteiger partial charge on any atom is 0.0543 e. The maximum absolute atomic E-state index is 4.34. The van der Waals surface area contributed by atoms with Crippen molar-refractivity contribution in [2.45, 2.75) is 33.2 Å². The molecule has 2 nitrogen and oxygen atoms in total. The molecule has 0 aromatic carbocycles. The Labute approximate surface area is 87.0 Å². The summed E-state index contributed by atoms with van der Waals surface area (Å²) in [5.74, 6) is 0. The molecule has 0 atom stereocenters. The molecule has 0 N–H and O–H groups in total. The third-order valence-corrected chi connectivity index (χ3v) is 2.19. The standard InChI is InChI=1S/C12H20N2/c1-3-9-14(10-4-2)11-12-7-5-6-8-13-12/h5-8H,3-4,9-11H2,1-2H3. The van der Waals surface area contributed by atoms with Gasteiger partial charge in [-0.15, -0.1) is 0 Å². The molecule has 0 unspecified atom stereocenters. The topological polar surface area (TPSA) is 16.1 Å². The second-order valence-corrected chi connectivity index (χ2v) is 3.60. The van der Waals surface area contributed by atoms with Crippen LogP contribution < -0.4 is 0 Å². The van der Waals surface area contributed by atoms with Gasteiger partial charge in [0.25, 0.3) is 0 Å². The van der Waals surface area contributed by atoms with E-state index in [1.807, 2.05) is 12.3 Å². The molecule has 1 aromatic rings. The molecule has 78 valence electrons. The molecule has 0 radical (unpaired) electrons. The van der Waals surface area contributed by atoms with Crippen LogP contribution in [-0.4, -0.2) is 23.0 Å². The highest BCUT2D eigenvalue weighted by Crippen LogP contribution is 2.02. The third-order valence-electron chi connectivity index (χ3n) is 2.19. The first-order chi connectivity index (χ1) is 6.86. The molecule has 0 aliphatic carbocycles. The van der Waals surface area contributed by atoms with Crippen molar-refractivity contribution in [2.75, 3.05) is 13.1 Å². The molecule has 0 saturated carbocycles. The van der Waals surface area contributed by atoms with Crippen LogP contribution in [0.2, 0.25) is 0 Å². The Morgan fingerprint density at radius 2 is 1.86 bits per heavy atom. The molecular formula is C12H20N2. The predicted octanol–water partition coefficient (Wildman–Crippen LogP) is 2.70. The van der Waals surface area contributed by atoms with Crippen LogP contribution in [0.3, 0.4) is 0 Å². The lowest BCUT2D eigenvalue weighted by molar-refractivity contribution is 0.263. The molecule has 1 aromatic heterocycles. The monoisotopic (exact) mass is 192 g/mol. The maximum atomic E-state index is 4.34. The zero-order valence-corrected chi connectivity index (χ0v) is 9.24. The van der Waals surface area contributed by atoms with Crippen LogP contribution in [0, 0.1) is 0 Å². The Morgan fingerprint density at radius 3 is 2.36 bits per heavy atom. The first-order valence-electron chi connectivity index (χ1n) is 5.49. The number of pyridine rings is 1. The normalized spacial score (nSPS) is 10.8. The summed E-state index contributed by atoms with van der Waals surface area (Å²) in [6.07, 6.45) is 4.30. The lowest BCUT2D eigenvalue weighted by Crippen LogP contribution is -2.25. The van der Waals surface area contributed by atoms with Gasteiger partial charge < -0.3 is 0 Å². The van der Waals surface area contributed by atoms with Gasteiger partial charge in [-0.05, 0) is 38.1 Å². The number of rotatable bonds is 6. The summed E-state index contributed by atoms with van der Waals surface area (Å²) in [5, 5.41) is 0. The fraction of sp³-hybridized carbons (Fsp3) is 0.583. The number of nitrogens with zero attached hydrogens (tertiary/aromatic N) is 2. The van der Waals surface area contributed by atoms with Crippen LogP contribution in [0.1, 0.15) is 32.4 Å². The molecule has 1 rings (SSSR count). The van der Waals surface area contributed by atoms with Crippen molar-refractivity contribution in [2.24, 2.45) is 0 Å². The minimum absolute atomic E-state index is 0.989. The Hall–Kier alpha value is -0.890. The van der Waals surface area contributed by atoms with Crippen LogP contribution in [0.5, 0.6) is 0 Å². The Kier molecular flexibility index (Phi) is 5.23. The molecule has 0 aliphatic rings. The van der Waals surface area contributed by atoms with Gasteiger partial charge in [0.2, 0.25) is 0 Å². The molecule has 1 heterocycles. The minimum atomic E-state index is 0.989. The molecule has 0 amide bonds. The van der Waals surface area contributed by atoms with Crippen molar-refractivity contribution < 1.29 is 0 Å². The van der Waals surface area contributed by atoms with Crippen molar-refractivity contribution in [3.05, 3.63) is 30.1 Å². The van der Waals surface area contributed by atoms with Crippen molar-refractivity contribution in [3.63, 3.8) is 0 Å². The number of hydrogen-bond donors (Lipinski definition) is 0. The smallest absolute Gasteiger partial charge is 0.0543 e. The average molecular weight is 192 g/mol. The Bertz CT molecular complexity index is 227. The molecule has 0 aliphatic heterocycles. The van der Waals surface area contributed by atoms with Gasteiger partial charge in [0, 0.05) is 12.7 Å². The molecule has 0 saturated heterocycles. The molecular weight excluding hydrogens is 172 g/mol. The average Bonchev–Trinajstić information content (AvgIpc) is 2.20. The second-order valence-electron chi connectivity index (χ2n) is 3.60. The van der Waals surface area contributed by atoms with Crippen molar-refractivity contribution in [3.8, 4) is 0 Å². The van der Waals surface area contributed by atoms with E-state index in [-0.39, 0.29) is 0 Å². The fourth-order valence-electron chi connectivity index (χ4n) is 1.62. The number of aromatic nitrogens is 1. The summed E-state index contributed by atoms with van der Waals surface area (Å²) >= 11 is 0. The first-order valence-corrected chi connectivity index (χ1v) is 5.49. The number of hydrogen-bond acceptors (Lipinski definition) is 2. The van der Waals surface area contributed by atoms with Gasteiger partial charge in [-0.2, -0.15) is 0 Å². The van der Waals surface area contributed by atoms with Crippen LogP contribution >= 0.6 is 0 Å². The fourth-order valence-corrected chi connectivity index (χ4v) is 1.62. The third kappa shape index (κ3) is 3.88. The summed E-state index contributed by atoms with van der Waals surface area (Å²) < 4.78 is 0. The first kappa shape index (κ1) is 11.2. The highest BCUT2D eigenvalue weighted by atomic mass is 15.1. The Balaban J connectivity index is 2.46. The van der Waals surface area contributed by atoms with Gasteiger partial charge in [0.05, 0.1) is 5.69 Å². The van der Waals surface area contributed by atoms with E-state index < -0.39 is 0 Å². The van der Waals surface area contributed by atoms with Crippen molar-refractivity contribution in [1.29, 1.82) is 0 Å². The van der Waals surface area contributed by atoms with Gasteiger partial charge in [0.1, 0.15) is 0 Å². The van der Waals surface area contributed by atoms with E-state index >= 15 is 0 Å². The van der Waals surface area contributed by atoms with Crippen LogP contribution in [-0.2, 0) is 6.54 Å². The predicted molar refractivity (Wildman–Crippen MR) is 60.1 cm³/mol. The van der Waals surface area contributed by atoms with E-state index in [4.69, 9.17) is 0 Å². The van der Waals surface area contributed by atoms with Crippen molar-refractivity contribution in [1.82, 2.24) is 9.88 Å². The van der Waals surface area contributed by atoms with Crippen LogP contribution in [0.4, 0.5) is 0 Å². The summed E-state index contributed by atoms with van der Waals surface area (Å²) in [6.45, 7) is 7.78. The van der Waals surface area contributed by atoms with Gasteiger partial charge in [-0.1, -0.05) is 19.9 Å². The SMILES string of the molecule is CCCN(CCC)Cc1ccccn1. The zero-order chi connectivity index (χ0) is 10.2. The lowest BCUT2D eigenvalue weighted by atomic mass is 10.3. The van der Waals surface area contributed by atoms with Crippen LogP contribution in [0.25, 0.3) is 0 Å². The van der Waals surface area contributed by atoms with E-state index in [1.54, 1.807) is 0 Å². The Morgan fingerprint density at radius 1 is 1.14 bits per heavy atom. The lowest BCUT2D eigenvalue weighted by Gasteiger charge is -2.20. The molecule has 0 fully saturated rings. The summed E-state index contributed by atoms with van der Waals surface area (Å²) in [7, 11) is 0. The zero-order valence-electron chi connectivity index (χ0n) is 9.24. The largest absolute Gasteiger partial charge is 0.298 e. The van der Waals surface area contributed by atoms with Gasteiger partial charge in [-0.3, -0.25) is 9.88 Å². The van der Waals surface area contributed by atoms with Gasteiger partial charge in [0.15, 0.2) is 0 Å². The molecule has 0 bridgehead atoms. The van der Waals surface area contributed by atoms with E-state index in [2.05, 4.69) is 35.9 Å². The van der Waals surface area contributed by atoms with E-state index in [1.165, 1.54) is 31.6 Å². The molecule has 14 heavy (non-hydrogen) atoms. The van der Waals surface area contributed by atoms with Crippen molar-refractivity contribution >= 4 is 0 Å². The highest BCUT2D eigenvalue weighted by Gasteiger charge is 2.03. The minimum Gasteiger partial charge on any atom is -0.298 e. The quantitative estimate of drug-likeness (QED) is 0.689. The highest BCUT2D eigenvalue weighted by molar-refractivity contribution is 5.03. The van der Waals surface area contributed by atoms with E-state index in [0.717, 1.165) is 6.54 Å². The van der Waals surface area contributed by atoms with Crippen LogP contribution in [0.15, 0.2) is 24.4 Å². The summed E-state index contributed by atoms with van der Waals surface area (Å²) in [5.41, 5.74) is 1.18.